The van der Waals surface area contributed by atoms with E-state index in [2.05, 4.69) is 75.9 Å². The summed E-state index contributed by atoms with van der Waals surface area (Å²) in [4.78, 5) is 0. The number of nitriles is 3. The molecule has 0 atom stereocenters. The first-order valence-corrected chi connectivity index (χ1v) is 16.3. The summed E-state index contributed by atoms with van der Waals surface area (Å²) in [6.45, 7) is 0. The predicted molar refractivity (Wildman–Crippen MR) is 200 cm³/mol. The monoisotopic (exact) mass is 635 g/mol. The van der Waals surface area contributed by atoms with Gasteiger partial charge in [0.05, 0.1) is 62.3 Å². The molecule has 0 radical (unpaired) electrons. The maximum absolute atomic E-state index is 10.6. The summed E-state index contributed by atoms with van der Waals surface area (Å²) in [5.74, 6) is 0. The summed E-state index contributed by atoms with van der Waals surface area (Å²) >= 11 is 0. The first-order valence-electron chi connectivity index (χ1n) is 16.3. The number of benzene rings is 7. The maximum Gasteiger partial charge on any atom is 0.101 e. The second-order valence-corrected chi connectivity index (χ2v) is 12.3. The van der Waals surface area contributed by atoms with E-state index < -0.39 is 0 Å². The van der Waals surface area contributed by atoms with Crippen molar-refractivity contribution in [3.05, 3.63) is 168 Å². The van der Waals surface area contributed by atoms with Crippen molar-refractivity contribution >= 4 is 43.6 Å². The Labute approximate surface area is 287 Å². The molecule has 2 heterocycles. The molecular formula is C45H25N5. The van der Waals surface area contributed by atoms with Crippen LogP contribution in [0.25, 0.3) is 77.2 Å². The first kappa shape index (κ1) is 28.8. The van der Waals surface area contributed by atoms with Crippen LogP contribution in [0.2, 0.25) is 0 Å². The lowest BCUT2D eigenvalue weighted by Crippen LogP contribution is -2.01. The van der Waals surface area contributed by atoms with E-state index >= 15 is 0 Å². The lowest BCUT2D eigenvalue weighted by molar-refractivity contribution is 1.17. The van der Waals surface area contributed by atoms with Gasteiger partial charge in [-0.2, -0.15) is 15.8 Å². The van der Waals surface area contributed by atoms with E-state index in [1.807, 2.05) is 103 Å². The van der Waals surface area contributed by atoms with Crippen molar-refractivity contribution in [3.63, 3.8) is 0 Å². The predicted octanol–water partition coefficient (Wildman–Crippen LogP) is 10.8. The summed E-state index contributed by atoms with van der Waals surface area (Å²) in [6, 6.07) is 57.6. The summed E-state index contributed by atoms with van der Waals surface area (Å²) in [5.41, 5.74) is 10.8. The first-order chi connectivity index (χ1) is 24.7. The minimum atomic E-state index is 0.539. The fraction of sp³-hybridized carbons (Fsp3) is 0. The molecule has 230 valence electrons. The second-order valence-electron chi connectivity index (χ2n) is 12.3. The highest BCUT2D eigenvalue weighted by molar-refractivity contribution is 6.11. The quantitative estimate of drug-likeness (QED) is 0.193. The third-order valence-electron chi connectivity index (χ3n) is 9.65. The van der Waals surface area contributed by atoms with E-state index in [0.717, 1.165) is 77.2 Å². The van der Waals surface area contributed by atoms with E-state index in [-0.39, 0.29) is 0 Å². The number of aromatic nitrogens is 2. The van der Waals surface area contributed by atoms with Crippen LogP contribution >= 0.6 is 0 Å². The fourth-order valence-corrected chi connectivity index (χ4v) is 7.53. The Hall–Kier alpha value is -7.39. The lowest BCUT2D eigenvalue weighted by atomic mass is 9.90. The van der Waals surface area contributed by atoms with Crippen molar-refractivity contribution < 1.29 is 0 Å². The molecule has 0 aliphatic carbocycles. The topological polar surface area (TPSA) is 81.2 Å². The standard InChI is InChI=1S/C45H25N5/c46-26-29-20-22-43-38(24-29)36-14-5-8-18-42(36)50(43)44-19-9-10-31(27-47)45(44)37-15-2-1-11-33(37)30-21-23-39(32(25-30)28-48)49-40-16-6-3-12-34(40)35-13-4-7-17-41(35)49/h1-25H. The Balaban J connectivity index is 1.28. The van der Waals surface area contributed by atoms with E-state index in [4.69, 9.17) is 0 Å². The molecule has 9 aromatic rings. The molecule has 0 bridgehead atoms. The molecule has 0 unspecified atom stereocenters. The largest absolute Gasteiger partial charge is 0.309 e. The highest BCUT2D eigenvalue weighted by Gasteiger charge is 2.21. The molecule has 0 saturated heterocycles. The number of hydrogen-bond acceptors (Lipinski definition) is 3. The van der Waals surface area contributed by atoms with Gasteiger partial charge in [0.15, 0.2) is 0 Å². The number of nitrogens with zero attached hydrogens (tertiary/aromatic N) is 5. The van der Waals surface area contributed by atoms with Crippen LogP contribution in [-0.4, -0.2) is 9.13 Å². The number of hydrogen-bond donors (Lipinski definition) is 0. The van der Waals surface area contributed by atoms with Crippen LogP contribution < -0.4 is 0 Å². The Bertz CT molecular complexity index is 2920. The van der Waals surface area contributed by atoms with Gasteiger partial charge in [0, 0.05) is 27.1 Å². The van der Waals surface area contributed by atoms with Crippen LogP contribution in [0.1, 0.15) is 16.7 Å². The van der Waals surface area contributed by atoms with Gasteiger partial charge in [-0.15, -0.1) is 0 Å². The van der Waals surface area contributed by atoms with Crippen LogP contribution in [0.5, 0.6) is 0 Å². The van der Waals surface area contributed by atoms with Crippen molar-refractivity contribution in [2.24, 2.45) is 0 Å². The number of rotatable bonds is 4. The maximum atomic E-state index is 10.6. The normalized spacial score (nSPS) is 11.1. The molecule has 0 aliphatic rings. The molecule has 0 spiro atoms. The molecule has 0 fully saturated rings. The Kier molecular flexibility index (Phi) is 6.56. The van der Waals surface area contributed by atoms with Gasteiger partial charge in [-0.25, -0.2) is 0 Å². The number of para-hydroxylation sites is 3. The zero-order valence-corrected chi connectivity index (χ0v) is 26.7. The highest BCUT2D eigenvalue weighted by atomic mass is 15.0. The minimum Gasteiger partial charge on any atom is -0.309 e. The molecule has 50 heavy (non-hydrogen) atoms. The molecule has 0 saturated carbocycles. The van der Waals surface area contributed by atoms with Crippen molar-refractivity contribution in [1.82, 2.24) is 9.13 Å². The fourth-order valence-electron chi connectivity index (χ4n) is 7.53. The van der Waals surface area contributed by atoms with E-state index in [1.165, 1.54) is 0 Å². The Morgan fingerprint density at radius 2 is 0.940 bits per heavy atom. The molecule has 2 aromatic heterocycles. The van der Waals surface area contributed by atoms with Crippen molar-refractivity contribution in [1.29, 1.82) is 15.8 Å². The highest BCUT2D eigenvalue weighted by Crippen LogP contribution is 2.42. The van der Waals surface area contributed by atoms with Crippen LogP contribution in [0.15, 0.2) is 152 Å². The van der Waals surface area contributed by atoms with Crippen molar-refractivity contribution in [3.8, 4) is 51.8 Å². The van der Waals surface area contributed by atoms with Gasteiger partial charge in [-0.05, 0) is 77.4 Å². The average Bonchev–Trinajstić information content (AvgIpc) is 3.69. The van der Waals surface area contributed by atoms with Gasteiger partial charge in [-0.1, -0.05) is 91.0 Å². The van der Waals surface area contributed by atoms with Gasteiger partial charge in [0.2, 0.25) is 0 Å². The minimum absolute atomic E-state index is 0.539. The summed E-state index contributed by atoms with van der Waals surface area (Å²) in [7, 11) is 0. The molecule has 0 amide bonds. The van der Waals surface area contributed by atoms with Gasteiger partial charge >= 0.3 is 0 Å². The van der Waals surface area contributed by atoms with E-state index in [9.17, 15) is 15.8 Å². The SMILES string of the molecule is N#Cc1ccc2c(c1)c1ccccc1n2-c1cccc(C#N)c1-c1ccccc1-c1ccc(-n2c3ccccc3c3ccccc32)c(C#N)c1. The molecule has 5 heteroatoms. The summed E-state index contributed by atoms with van der Waals surface area (Å²) < 4.78 is 4.35. The molecule has 0 N–H and O–H groups in total. The van der Waals surface area contributed by atoms with E-state index in [0.29, 0.717) is 16.7 Å². The molecule has 5 nitrogen and oxygen atoms in total. The van der Waals surface area contributed by atoms with Crippen molar-refractivity contribution in [2.75, 3.05) is 0 Å². The summed E-state index contributed by atoms with van der Waals surface area (Å²) in [6.07, 6.45) is 0. The molecule has 9 rings (SSSR count). The third-order valence-corrected chi connectivity index (χ3v) is 9.65. The smallest absolute Gasteiger partial charge is 0.101 e. The Morgan fingerprint density at radius 3 is 1.58 bits per heavy atom. The van der Waals surface area contributed by atoms with E-state index in [1.54, 1.807) is 0 Å². The molecular weight excluding hydrogens is 611 g/mol. The average molecular weight is 636 g/mol. The van der Waals surface area contributed by atoms with Gasteiger partial charge in [0.1, 0.15) is 6.07 Å². The van der Waals surface area contributed by atoms with Crippen LogP contribution in [0.4, 0.5) is 0 Å². The van der Waals surface area contributed by atoms with Gasteiger partial charge < -0.3 is 9.13 Å². The third kappa shape index (κ3) is 4.24. The second kappa shape index (κ2) is 11.4. The van der Waals surface area contributed by atoms with Crippen molar-refractivity contribution in [2.45, 2.75) is 0 Å². The number of fused-ring (bicyclic) bond motifs is 6. The lowest BCUT2D eigenvalue weighted by Gasteiger charge is -2.19. The van der Waals surface area contributed by atoms with Crippen LogP contribution in [-0.2, 0) is 0 Å². The van der Waals surface area contributed by atoms with Crippen LogP contribution in [0, 0.1) is 34.0 Å². The summed E-state index contributed by atoms with van der Waals surface area (Å²) in [5, 5.41) is 35.0. The Morgan fingerprint density at radius 1 is 0.380 bits per heavy atom. The van der Waals surface area contributed by atoms with Gasteiger partial charge in [-0.3, -0.25) is 0 Å². The van der Waals surface area contributed by atoms with Gasteiger partial charge in [0.25, 0.3) is 0 Å². The molecule has 0 aliphatic heterocycles. The zero-order chi connectivity index (χ0) is 33.8. The van der Waals surface area contributed by atoms with Crippen LogP contribution in [0.3, 0.4) is 0 Å². The zero-order valence-electron chi connectivity index (χ0n) is 26.7. The molecule has 7 aromatic carbocycles.